The number of rotatable bonds is 3. The predicted octanol–water partition coefficient (Wildman–Crippen LogP) is 2.66. The second kappa shape index (κ2) is 4.26. The van der Waals surface area contributed by atoms with Crippen LogP contribution < -0.4 is 0 Å². The molecule has 0 atom stereocenters. The summed E-state index contributed by atoms with van der Waals surface area (Å²) < 4.78 is 1.77. The normalized spacial score (nSPS) is 10.4. The molecule has 2 rings (SSSR count). The summed E-state index contributed by atoms with van der Waals surface area (Å²) in [5.74, 6) is 0. The van der Waals surface area contributed by atoms with E-state index in [0.717, 1.165) is 11.3 Å². The summed E-state index contributed by atoms with van der Waals surface area (Å²) in [6.07, 6.45) is 0. The fourth-order valence-electron chi connectivity index (χ4n) is 1.66. The minimum atomic E-state index is 0.125. The van der Waals surface area contributed by atoms with Gasteiger partial charge in [0, 0.05) is 7.05 Å². The Morgan fingerprint density at radius 3 is 2.62 bits per heavy atom. The third-order valence-corrected chi connectivity index (χ3v) is 2.50. The zero-order chi connectivity index (χ0) is 11.5. The van der Waals surface area contributed by atoms with Crippen molar-refractivity contribution in [3.63, 3.8) is 0 Å². The number of nitroso groups, excluding NO2 is 1. The minimum Gasteiger partial charge on any atom is -0.268 e. The summed E-state index contributed by atoms with van der Waals surface area (Å²) >= 11 is 0. The van der Waals surface area contributed by atoms with Gasteiger partial charge in [-0.15, -0.1) is 0 Å². The van der Waals surface area contributed by atoms with Crippen molar-refractivity contribution in [1.82, 2.24) is 9.78 Å². The minimum absolute atomic E-state index is 0.125. The highest BCUT2D eigenvalue weighted by Gasteiger charge is 2.06. The smallest absolute Gasteiger partial charge is 0.125 e. The van der Waals surface area contributed by atoms with Crippen LogP contribution in [0.2, 0.25) is 0 Å². The molecule has 0 saturated heterocycles. The molecule has 1 heterocycles. The second-order valence-electron chi connectivity index (χ2n) is 3.80. The largest absolute Gasteiger partial charge is 0.268 e. The lowest BCUT2D eigenvalue weighted by Crippen LogP contribution is -1.94. The lowest BCUT2D eigenvalue weighted by Gasteiger charge is -2.01. The zero-order valence-corrected chi connectivity index (χ0v) is 9.34. The van der Waals surface area contributed by atoms with E-state index in [-0.39, 0.29) is 6.54 Å². The topological polar surface area (TPSA) is 47.2 Å². The highest BCUT2D eigenvalue weighted by molar-refractivity contribution is 5.60. The lowest BCUT2D eigenvalue weighted by atomic mass is 10.1. The van der Waals surface area contributed by atoms with Gasteiger partial charge in [0.1, 0.15) is 6.54 Å². The molecule has 0 spiro atoms. The molecule has 16 heavy (non-hydrogen) atoms. The maximum absolute atomic E-state index is 10.2. The Balaban J connectivity index is 2.39. The standard InChI is InChI=1S/C12H13N3O/c1-9-3-5-10(6-4-9)12-7-11(8-13-16)14-15(12)2/h3-7H,8H2,1-2H3. The van der Waals surface area contributed by atoms with E-state index in [1.807, 2.05) is 25.2 Å². The number of hydrogen-bond acceptors (Lipinski definition) is 3. The van der Waals surface area contributed by atoms with Crippen LogP contribution in [0.1, 0.15) is 11.3 Å². The quantitative estimate of drug-likeness (QED) is 0.739. The molecule has 1 aromatic carbocycles. The molecular formula is C12H13N3O. The highest BCUT2D eigenvalue weighted by atomic mass is 16.3. The fraction of sp³-hybridized carbons (Fsp3) is 0.250. The highest BCUT2D eigenvalue weighted by Crippen LogP contribution is 2.20. The van der Waals surface area contributed by atoms with Gasteiger partial charge in [-0.3, -0.25) is 4.68 Å². The summed E-state index contributed by atoms with van der Waals surface area (Å²) in [4.78, 5) is 10.2. The molecule has 0 bridgehead atoms. The number of benzene rings is 1. The Bertz CT molecular complexity index is 499. The summed E-state index contributed by atoms with van der Waals surface area (Å²) in [6.45, 7) is 2.18. The third kappa shape index (κ3) is 2.00. The second-order valence-corrected chi connectivity index (χ2v) is 3.80. The van der Waals surface area contributed by atoms with Gasteiger partial charge in [0.25, 0.3) is 0 Å². The Kier molecular flexibility index (Phi) is 2.81. The first-order chi connectivity index (χ1) is 7.70. The van der Waals surface area contributed by atoms with Crippen LogP contribution in [0.3, 0.4) is 0 Å². The molecule has 0 unspecified atom stereocenters. The van der Waals surface area contributed by atoms with Crippen molar-refractivity contribution in [3.8, 4) is 11.3 Å². The summed E-state index contributed by atoms with van der Waals surface area (Å²) in [5, 5.41) is 7.06. The fourth-order valence-corrected chi connectivity index (χ4v) is 1.66. The van der Waals surface area contributed by atoms with Crippen LogP contribution in [-0.2, 0) is 13.6 Å². The van der Waals surface area contributed by atoms with Crippen LogP contribution in [0, 0.1) is 11.8 Å². The number of aromatic nitrogens is 2. The Labute approximate surface area is 93.9 Å². The molecule has 82 valence electrons. The van der Waals surface area contributed by atoms with E-state index in [1.54, 1.807) is 4.68 Å². The van der Waals surface area contributed by atoms with Crippen molar-refractivity contribution in [2.75, 3.05) is 0 Å². The van der Waals surface area contributed by atoms with E-state index >= 15 is 0 Å². The van der Waals surface area contributed by atoms with E-state index in [2.05, 4.69) is 29.3 Å². The van der Waals surface area contributed by atoms with Crippen molar-refractivity contribution in [2.45, 2.75) is 13.5 Å². The van der Waals surface area contributed by atoms with Crippen LogP contribution in [0.15, 0.2) is 35.5 Å². The van der Waals surface area contributed by atoms with Gasteiger partial charge in [0.05, 0.1) is 11.4 Å². The maximum atomic E-state index is 10.2. The van der Waals surface area contributed by atoms with Gasteiger partial charge in [-0.05, 0) is 18.6 Å². The zero-order valence-electron chi connectivity index (χ0n) is 9.34. The molecule has 1 aromatic heterocycles. The molecule has 0 aliphatic rings. The van der Waals surface area contributed by atoms with Crippen LogP contribution in [0.4, 0.5) is 0 Å². The van der Waals surface area contributed by atoms with Crippen LogP contribution in [0.25, 0.3) is 11.3 Å². The van der Waals surface area contributed by atoms with E-state index in [9.17, 15) is 4.91 Å². The predicted molar refractivity (Wildman–Crippen MR) is 62.9 cm³/mol. The van der Waals surface area contributed by atoms with Crippen molar-refractivity contribution in [1.29, 1.82) is 0 Å². The number of aryl methyl sites for hydroxylation is 2. The van der Waals surface area contributed by atoms with E-state index in [0.29, 0.717) is 5.69 Å². The van der Waals surface area contributed by atoms with Crippen molar-refractivity contribution in [3.05, 3.63) is 46.5 Å². The molecule has 4 nitrogen and oxygen atoms in total. The van der Waals surface area contributed by atoms with Crippen molar-refractivity contribution < 1.29 is 0 Å². The van der Waals surface area contributed by atoms with Crippen molar-refractivity contribution in [2.24, 2.45) is 12.2 Å². The Morgan fingerprint density at radius 2 is 2.00 bits per heavy atom. The lowest BCUT2D eigenvalue weighted by molar-refractivity contribution is 0.749. The molecule has 4 heteroatoms. The number of hydrogen-bond donors (Lipinski definition) is 0. The third-order valence-electron chi connectivity index (χ3n) is 2.50. The monoisotopic (exact) mass is 215 g/mol. The average Bonchev–Trinajstić information content (AvgIpc) is 2.61. The first-order valence-corrected chi connectivity index (χ1v) is 5.10. The van der Waals surface area contributed by atoms with E-state index in [4.69, 9.17) is 0 Å². The van der Waals surface area contributed by atoms with E-state index in [1.165, 1.54) is 5.56 Å². The molecular weight excluding hydrogens is 202 g/mol. The summed E-state index contributed by atoms with van der Waals surface area (Å²) in [5.41, 5.74) is 4.02. The van der Waals surface area contributed by atoms with Gasteiger partial charge in [-0.2, -0.15) is 10.0 Å². The van der Waals surface area contributed by atoms with Crippen LogP contribution in [-0.4, -0.2) is 9.78 Å². The van der Waals surface area contributed by atoms with Crippen LogP contribution >= 0.6 is 0 Å². The van der Waals surface area contributed by atoms with Gasteiger partial charge in [0.15, 0.2) is 0 Å². The summed E-state index contributed by atoms with van der Waals surface area (Å²) in [6, 6.07) is 10.1. The van der Waals surface area contributed by atoms with Crippen molar-refractivity contribution >= 4 is 0 Å². The summed E-state index contributed by atoms with van der Waals surface area (Å²) in [7, 11) is 1.86. The molecule has 0 fully saturated rings. The molecule has 0 N–H and O–H groups in total. The van der Waals surface area contributed by atoms with Gasteiger partial charge in [-0.25, -0.2) is 0 Å². The SMILES string of the molecule is Cc1ccc(-c2cc(CN=O)nn2C)cc1. The van der Waals surface area contributed by atoms with Crippen LogP contribution in [0.5, 0.6) is 0 Å². The maximum Gasteiger partial charge on any atom is 0.125 e. The average molecular weight is 215 g/mol. The molecule has 0 aliphatic heterocycles. The number of nitrogens with zero attached hydrogens (tertiary/aromatic N) is 3. The molecule has 0 aliphatic carbocycles. The van der Waals surface area contributed by atoms with Gasteiger partial charge < -0.3 is 0 Å². The molecule has 2 aromatic rings. The Hall–Kier alpha value is -1.97. The van der Waals surface area contributed by atoms with Gasteiger partial charge >= 0.3 is 0 Å². The van der Waals surface area contributed by atoms with Gasteiger partial charge in [-0.1, -0.05) is 35.0 Å². The van der Waals surface area contributed by atoms with Gasteiger partial charge in [0.2, 0.25) is 0 Å². The molecule has 0 amide bonds. The van der Waals surface area contributed by atoms with E-state index < -0.39 is 0 Å². The Morgan fingerprint density at radius 1 is 1.31 bits per heavy atom. The molecule has 0 radical (unpaired) electrons. The molecule has 0 saturated carbocycles. The first kappa shape index (κ1) is 10.5. The first-order valence-electron chi connectivity index (χ1n) is 5.10.